The maximum atomic E-state index is 13.0. The lowest BCUT2D eigenvalue weighted by atomic mass is 10.2. The molecule has 2 aromatic carbocycles. The van der Waals surface area contributed by atoms with Gasteiger partial charge in [0.15, 0.2) is 0 Å². The van der Waals surface area contributed by atoms with Crippen molar-refractivity contribution in [2.75, 3.05) is 0 Å². The minimum absolute atomic E-state index is 0.335. The molecule has 21 heavy (non-hydrogen) atoms. The first-order chi connectivity index (χ1) is 9.93. The van der Waals surface area contributed by atoms with Gasteiger partial charge in [0.1, 0.15) is 4.90 Å². The van der Waals surface area contributed by atoms with Crippen LogP contribution in [0.2, 0.25) is 0 Å². The second-order valence-corrected chi connectivity index (χ2v) is 7.20. The molecule has 0 saturated carbocycles. The van der Waals surface area contributed by atoms with Crippen LogP contribution in [-0.2, 0) is 16.9 Å². The molecule has 0 fully saturated rings. The third-order valence-electron chi connectivity index (χ3n) is 3.91. The van der Waals surface area contributed by atoms with Crippen LogP contribution in [0.3, 0.4) is 0 Å². The molecule has 0 aliphatic rings. The summed E-state index contributed by atoms with van der Waals surface area (Å²) in [6, 6.07) is 14.5. The van der Waals surface area contributed by atoms with E-state index in [1.54, 1.807) is 24.3 Å². The van der Waals surface area contributed by atoms with Gasteiger partial charge in [0.05, 0.1) is 4.90 Å². The van der Waals surface area contributed by atoms with Crippen molar-refractivity contribution < 1.29 is 8.42 Å². The van der Waals surface area contributed by atoms with Gasteiger partial charge in [-0.1, -0.05) is 29.8 Å². The number of aromatic nitrogens is 1. The van der Waals surface area contributed by atoms with Crippen molar-refractivity contribution in [1.82, 2.24) is 4.57 Å². The van der Waals surface area contributed by atoms with Crippen LogP contribution in [0.5, 0.6) is 0 Å². The van der Waals surface area contributed by atoms with Crippen LogP contribution in [0.15, 0.2) is 58.3 Å². The molecule has 0 bridgehead atoms. The second-order valence-electron chi connectivity index (χ2n) is 5.31. The van der Waals surface area contributed by atoms with Gasteiger partial charge < -0.3 is 4.57 Å². The maximum absolute atomic E-state index is 13.0. The molecule has 4 heteroatoms. The summed E-state index contributed by atoms with van der Waals surface area (Å²) < 4.78 is 27.9. The van der Waals surface area contributed by atoms with Crippen molar-refractivity contribution in [2.45, 2.75) is 23.6 Å². The molecule has 0 amide bonds. The van der Waals surface area contributed by atoms with Crippen LogP contribution in [0, 0.1) is 13.8 Å². The van der Waals surface area contributed by atoms with Gasteiger partial charge in [-0.25, -0.2) is 8.42 Å². The van der Waals surface area contributed by atoms with Gasteiger partial charge in [-0.15, -0.1) is 0 Å². The van der Waals surface area contributed by atoms with Crippen molar-refractivity contribution >= 4 is 20.7 Å². The lowest BCUT2D eigenvalue weighted by Gasteiger charge is -2.05. The fraction of sp³-hybridized carbons (Fsp3) is 0.176. The fourth-order valence-corrected chi connectivity index (χ4v) is 4.44. The average molecular weight is 299 g/mol. The van der Waals surface area contributed by atoms with Gasteiger partial charge in [-0.2, -0.15) is 0 Å². The first-order valence-corrected chi connectivity index (χ1v) is 8.27. The van der Waals surface area contributed by atoms with E-state index in [4.69, 9.17) is 0 Å². The molecule has 3 aromatic rings. The van der Waals surface area contributed by atoms with E-state index in [-0.39, 0.29) is 0 Å². The fourth-order valence-electron chi connectivity index (χ4n) is 2.71. The maximum Gasteiger partial charge on any atom is 0.208 e. The van der Waals surface area contributed by atoms with Crippen LogP contribution >= 0.6 is 0 Å². The zero-order valence-electron chi connectivity index (χ0n) is 12.3. The first-order valence-electron chi connectivity index (χ1n) is 6.78. The SMILES string of the molecule is Cc1ccc2c(c1)c(S(=O)(=O)c1ccccc1)c(C)n2C. The van der Waals surface area contributed by atoms with Crippen LogP contribution in [0.4, 0.5) is 0 Å². The number of fused-ring (bicyclic) bond motifs is 1. The van der Waals surface area contributed by atoms with Crippen molar-refractivity contribution in [3.8, 4) is 0 Å². The minimum atomic E-state index is -3.51. The quantitative estimate of drug-likeness (QED) is 0.725. The summed E-state index contributed by atoms with van der Waals surface area (Å²) in [7, 11) is -1.61. The molecule has 0 aliphatic carbocycles. The number of nitrogens with zero attached hydrogens (tertiary/aromatic N) is 1. The molecule has 0 aliphatic heterocycles. The molecular formula is C17H17NO2S. The number of hydrogen-bond donors (Lipinski definition) is 0. The van der Waals surface area contributed by atoms with Crippen LogP contribution in [-0.4, -0.2) is 13.0 Å². The Kier molecular flexibility index (Phi) is 3.14. The highest BCUT2D eigenvalue weighted by Gasteiger charge is 2.25. The minimum Gasteiger partial charge on any atom is -0.347 e. The molecule has 3 nitrogen and oxygen atoms in total. The predicted octanol–water partition coefficient (Wildman–Crippen LogP) is 3.63. The molecule has 0 unspecified atom stereocenters. The molecule has 1 heterocycles. The zero-order valence-corrected chi connectivity index (χ0v) is 13.1. The lowest BCUT2D eigenvalue weighted by molar-refractivity contribution is 0.595. The molecule has 3 rings (SSSR count). The summed E-state index contributed by atoms with van der Waals surface area (Å²) in [6.45, 7) is 3.83. The average Bonchev–Trinajstić information content (AvgIpc) is 2.71. The van der Waals surface area contributed by atoms with Gasteiger partial charge in [-0.3, -0.25) is 0 Å². The summed E-state index contributed by atoms with van der Waals surface area (Å²) in [5.74, 6) is 0. The van der Waals surface area contributed by atoms with Gasteiger partial charge in [-0.05, 0) is 38.1 Å². The van der Waals surface area contributed by atoms with Crippen LogP contribution in [0.1, 0.15) is 11.3 Å². The van der Waals surface area contributed by atoms with E-state index in [0.29, 0.717) is 9.79 Å². The third kappa shape index (κ3) is 2.07. The Balaban J connectivity index is 2.40. The summed E-state index contributed by atoms with van der Waals surface area (Å²) in [6.07, 6.45) is 0. The molecule has 0 spiro atoms. The molecule has 1 aromatic heterocycles. The second kappa shape index (κ2) is 4.74. The van der Waals surface area contributed by atoms with Crippen LogP contribution < -0.4 is 0 Å². The zero-order chi connectivity index (χ0) is 15.2. The highest BCUT2D eigenvalue weighted by atomic mass is 32.2. The number of sulfone groups is 1. The van der Waals surface area contributed by atoms with Gasteiger partial charge in [0.25, 0.3) is 0 Å². The van der Waals surface area contributed by atoms with E-state index < -0.39 is 9.84 Å². The third-order valence-corrected chi connectivity index (χ3v) is 5.86. The topological polar surface area (TPSA) is 39.1 Å². The standard InChI is InChI=1S/C17H17NO2S/c1-12-9-10-16-15(11-12)17(13(2)18(16)3)21(19,20)14-7-5-4-6-8-14/h4-11H,1-3H3. The predicted molar refractivity (Wildman–Crippen MR) is 84.3 cm³/mol. The van der Waals surface area contributed by atoms with Gasteiger partial charge in [0, 0.05) is 23.6 Å². The van der Waals surface area contributed by atoms with Crippen molar-refractivity contribution in [3.63, 3.8) is 0 Å². The van der Waals surface area contributed by atoms with E-state index in [9.17, 15) is 8.42 Å². The monoisotopic (exact) mass is 299 g/mol. The Labute approximate surface area is 124 Å². The first kappa shape index (κ1) is 13.9. The van der Waals surface area contributed by atoms with E-state index in [0.717, 1.165) is 22.2 Å². The summed E-state index contributed by atoms with van der Waals surface area (Å²) in [4.78, 5) is 0.747. The Hall–Kier alpha value is -2.07. The van der Waals surface area contributed by atoms with E-state index in [1.807, 2.05) is 49.7 Å². The summed E-state index contributed by atoms with van der Waals surface area (Å²) in [5.41, 5.74) is 2.75. The Morgan fingerprint density at radius 1 is 0.952 bits per heavy atom. The summed E-state index contributed by atoms with van der Waals surface area (Å²) >= 11 is 0. The smallest absolute Gasteiger partial charge is 0.208 e. The molecule has 0 saturated heterocycles. The molecule has 108 valence electrons. The highest BCUT2D eigenvalue weighted by molar-refractivity contribution is 7.91. The number of rotatable bonds is 2. The number of aryl methyl sites for hydroxylation is 2. The van der Waals surface area contributed by atoms with E-state index in [2.05, 4.69) is 0 Å². The largest absolute Gasteiger partial charge is 0.347 e. The Morgan fingerprint density at radius 3 is 2.29 bits per heavy atom. The van der Waals surface area contributed by atoms with Gasteiger partial charge in [0.2, 0.25) is 9.84 Å². The van der Waals surface area contributed by atoms with Crippen molar-refractivity contribution in [3.05, 3.63) is 59.8 Å². The number of hydrogen-bond acceptors (Lipinski definition) is 2. The molecule has 0 radical (unpaired) electrons. The molecule has 0 atom stereocenters. The van der Waals surface area contributed by atoms with E-state index >= 15 is 0 Å². The normalized spacial score (nSPS) is 12.0. The number of benzene rings is 2. The van der Waals surface area contributed by atoms with E-state index in [1.165, 1.54) is 0 Å². The van der Waals surface area contributed by atoms with Crippen LogP contribution in [0.25, 0.3) is 10.9 Å². The van der Waals surface area contributed by atoms with Gasteiger partial charge >= 0.3 is 0 Å². The Bertz CT molecular complexity index is 922. The highest BCUT2D eigenvalue weighted by Crippen LogP contribution is 2.33. The van der Waals surface area contributed by atoms with Crippen molar-refractivity contribution in [1.29, 1.82) is 0 Å². The van der Waals surface area contributed by atoms with Crippen molar-refractivity contribution in [2.24, 2.45) is 7.05 Å². The lowest BCUT2D eigenvalue weighted by Crippen LogP contribution is -2.04. The summed E-state index contributed by atoms with van der Waals surface area (Å²) in [5, 5.41) is 0.791. The molecular weight excluding hydrogens is 282 g/mol. The molecule has 0 N–H and O–H groups in total. The Morgan fingerprint density at radius 2 is 1.62 bits per heavy atom.